The van der Waals surface area contributed by atoms with Gasteiger partial charge in [0.1, 0.15) is 0 Å². The minimum atomic E-state index is 0.364. The van der Waals surface area contributed by atoms with Gasteiger partial charge in [0.05, 0.1) is 0 Å². The fraction of sp³-hybridized carbons (Fsp3) is 1.00. The van der Waals surface area contributed by atoms with Crippen molar-refractivity contribution < 1.29 is 5.11 Å². The average molecular weight is 282 g/mol. The van der Waals surface area contributed by atoms with E-state index >= 15 is 0 Å². The second-order valence-electron chi connectivity index (χ2n) is 7.63. The van der Waals surface area contributed by atoms with Crippen LogP contribution in [0.15, 0.2) is 0 Å². The van der Waals surface area contributed by atoms with Crippen molar-refractivity contribution in [3.63, 3.8) is 0 Å². The lowest BCUT2D eigenvalue weighted by Crippen LogP contribution is -2.53. The Morgan fingerprint density at radius 2 is 2.05 bits per heavy atom. The van der Waals surface area contributed by atoms with Crippen molar-refractivity contribution >= 4 is 0 Å². The minimum absolute atomic E-state index is 0.364. The molecule has 1 aliphatic carbocycles. The molecule has 0 radical (unpaired) electrons. The fourth-order valence-corrected chi connectivity index (χ4v) is 4.44. The summed E-state index contributed by atoms with van der Waals surface area (Å²) in [6.45, 7) is 12.1. The molecule has 3 heteroatoms. The molecule has 0 aromatic carbocycles. The summed E-state index contributed by atoms with van der Waals surface area (Å²) in [5, 5.41) is 13.2. The quantitative estimate of drug-likeness (QED) is 0.813. The van der Waals surface area contributed by atoms with Crippen LogP contribution in [0, 0.1) is 17.3 Å². The Hall–Kier alpha value is -0.120. The molecule has 0 spiro atoms. The van der Waals surface area contributed by atoms with Gasteiger partial charge in [0.15, 0.2) is 0 Å². The van der Waals surface area contributed by atoms with Crippen molar-refractivity contribution in [1.82, 2.24) is 10.2 Å². The van der Waals surface area contributed by atoms with E-state index in [4.69, 9.17) is 0 Å². The molecular formula is C17H34N2O. The zero-order valence-corrected chi connectivity index (χ0v) is 13.7. The highest BCUT2D eigenvalue weighted by atomic mass is 16.3. The van der Waals surface area contributed by atoms with E-state index in [0.29, 0.717) is 24.0 Å². The van der Waals surface area contributed by atoms with E-state index < -0.39 is 0 Å². The van der Waals surface area contributed by atoms with Crippen LogP contribution < -0.4 is 5.32 Å². The molecule has 2 fully saturated rings. The van der Waals surface area contributed by atoms with Crippen molar-refractivity contribution in [2.24, 2.45) is 17.3 Å². The van der Waals surface area contributed by atoms with E-state index in [1.165, 1.54) is 45.2 Å². The summed E-state index contributed by atoms with van der Waals surface area (Å²) in [4.78, 5) is 2.61. The zero-order valence-electron chi connectivity index (χ0n) is 13.7. The summed E-state index contributed by atoms with van der Waals surface area (Å²) in [5.74, 6) is 1.29. The fourth-order valence-electron chi connectivity index (χ4n) is 4.44. The number of hydrogen-bond donors (Lipinski definition) is 2. The van der Waals surface area contributed by atoms with Gasteiger partial charge in [0, 0.05) is 25.7 Å². The van der Waals surface area contributed by atoms with Crippen molar-refractivity contribution in [2.75, 3.05) is 32.8 Å². The van der Waals surface area contributed by atoms with Gasteiger partial charge in [-0.3, -0.25) is 0 Å². The Morgan fingerprint density at radius 1 is 1.25 bits per heavy atom. The van der Waals surface area contributed by atoms with Crippen LogP contribution in [-0.4, -0.2) is 48.8 Å². The predicted octanol–water partition coefficient (Wildman–Crippen LogP) is 2.50. The molecule has 1 saturated carbocycles. The monoisotopic (exact) mass is 282 g/mol. The molecule has 0 bridgehead atoms. The lowest BCUT2D eigenvalue weighted by atomic mass is 9.67. The first kappa shape index (κ1) is 16.3. The number of hydrogen-bond acceptors (Lipinski definition) is 3. The van der Waals surface area contributed by atoms with Gasteiger partial charge in [-0.05, 0) is 56.0 Å². The molecule has 20 heavy (non-hydrogen) atoms. The van der Waals surface area contributed by atoms with Crippen LogP contribution in [0.25, 0.3) is 0 Å². The number of aliphatic hydroxyl groups excluding tert-OH is 1. The van der Waals surface area contributed by atoms with Gasteiger partial charge in [-0.2, -0.15) is 0 Å². The number of likely N-dealkylation sites (tertiary alicyclic amines) is 1. The highest BCUT2D eigenvalue weighted by Crippen LogP contribution is 2.39. The Kier molecular flexibility index (Phi) is 5.88. The van der Waals surface area contributed by atoms with Crippen molar-refractivity contribution in [1.29, 1.82) is 0 Å². The largest absolute Gasteiger partial charge is 0.396 e. The van der Waals surface area contributed by atoms with E-state index in [-0.39, 0.29) is 0 Å². The molecular weight excluding hydrogens is 248 g/mol. The molecule has 2 rings (SSSR count). The van der Waals surface area contributed by atoms with Gasteiger partial charge in [-0.1, -0.05) is 27.2 Å². The van der Waals surface area contributed by atoms with Crippen molar-refractivity contribution in [3.05, 3.63) is 0 Å². The lowest BCUT2D eigenvalue weighted by molar-refractivity contribution is 0.0550. The van der Waals surface area contributed by atoms with Gasteiger partial charge >= 0.3 is 0 Å². The number of nitrogens with one attached hydrogen (secondary N) is 1. The van der Waals surface area contributed by atoms with Crippen LogP contribution in [-0.2, 0) is 0 Å². The molecule has 3 unspecified atom stereocenters. The van der Waals surface area contributed by atoms with Gasteiger partial charge in [-0.25, -0.2) is 0 Å². The molecule has 3 nitrogen and oxygen atoms in total. The van der Waals surface area contributed by atoms with Gasteiger partial charge in [0.25, 0.3) is 0 Å². The van der Waals surface area contributed by atoms with Crippen LogP contribution in [0.4, 0.5) is 0 Å². The summed E-state index contributed by atoms with van der Waals surface area (Å²) in [6, 6.07) is 0.649. The molecule has 2 aliphatic rings. The summed E-state index contributed by atoms with van der Waals surface area (Å²) in [5.41, 5.74) is 0.422. The minimum Gasteiger partial charge on any atom is -0.396 e. The topological polar surface area (TPSA) is 35.5 Å². The van der Waals surface area contributed by atoms with E-state index in [9.17, 15) is 5.11 Å². The molecule has 118 valence electrons. The smallest absolute Gasteiger partial charge is 0.0471 e. The average Bonchev–Trinajstić information content (AvgIpc) is 2.43. The first-order valence-corrected chi connectivity index (χ1v) is 8.63. The maximum atomic E-state index is 9.39. The maximum absolute atomic E-state index is 9.39. The van der Waals surface area contributed by atoms with Crippen LogP contribution in [0.1, 0.15) is 52.9 Å². The van der Waals surface area contributed by atoms with Crippen LogP contribution in [0.5, 0.6) is 0 Å². The first-order valence-electron chi connectivity index (χ1n) is 8.63. The molecule has 0 aromatic heterocycles. The van der Waals surface area contributed by atoms with E-state index in [0.717, 1.165) is 19.0 Å². The molecule has 1 aliphatic heterocycles. The standard InChI is InChI=1S/C17H34N2O/c1-4-18-16-15(8-5-9-17(16,2)3)12-19-10-6-7-14(11-19)13-20/h14-16,18,20H,4-13H2,1-3H3. The van der Waals surface area contributed by atoms with E-state index in [1.807, 2.05) is 0 Å². The third kappa shape index (κ3) is 3.96. The SMILES string of the molecule is CCNC1C(CN2CCCC(CO)C2)CCCC1(C)C. The van der Waals surface area contributed by atoms with Gasteiger partial charge in [-0.15, -0.1) is 0 Å². The Bertz CT molecular complexity index is 293. The van der Waals surface area contributed by atoms with Crippen molar-refractivity contribution in [3.8, 4) is 0 Å². The summed E-state index contributed by atoms with van der Waals surface area (Å²) in [7, 11) is 0. The Balaban J connectivity index is 1.95. The number of aliphatic hydroxyl groups is 1. The molecule has 1 saturated heterocycles. The lowest BCUT2D eigenvalue weighted by Gasteiger charge is -2.47. The van der Waals surface area contributed by atoms with E-state index in [2.05, 4.69) is 31.0 Å². The summed E-state index contributed by atoms with van der Waals surface area (Å²) < 4.78 is 0. The van der Waals surface area contributed by atoms with Gasteiger partial charge < -0.3 is 15.3 Å². The number of piperidine rings is 1. The molecule has 0 aromatic rings. The number of nitrogens with zero attached hydrogens (tertiary/aromatic N) is 1. The van der Waals surface area contributed by atoms with Crippen LogP contribution >= 0.6 is 0 Å². The zero-order chi connectivity index (χ0) is 14.6. The third-order valence-electron chi connectivity index (χ3n) is 5.49. The highest BCUT2D eigenvalue weighted by molar-refractivity contribution is 4.94. The second-order valence-corrected chi connectivity index (χ2v) is 7.63. The first-order chi connectivity index (χ1) is 9.56. The molecule has 0 amide bonds. The van der Waals surface area contributed by atoms with Crippen LogP contribution in [0.2, 0.25) is 0 Å². The van der Waals surface area contributed by atoms with Crippen LogP contribution in [0.3, 0.4) is 0 Å². The van der Waals surface area contributed by atoms with Gasteiger partial charge in [0.2, 0.25) is 0 Å². The van der Waals surface area contributed by atoms with E-state index in [1.54, 1.807) is 0 Å². The summed E-state index contributed by atoms with van der Waals surface area (Å²) >= 11 is 0. The highest BCUT2D eigenvalue weighted by Gasteiger charge is 2.39. The maximum Gasteiger partial charge on any atom is 0.0471 e. The third-order valence-corrected chi connectivity index (χ3v) is 5.49. The molecule has 1 heterocycles. The summed E-state index contributed by atoms with van der Waals surface area (Å²) in [6.07, 6.45) is 6.55. The Labute approximate surface area is 125 Å². The normalized spacial score (nSPS) is 35.1. The number of rotatable bonds is 5. The predicted molar refractivity (Wildman–Crippen MR) is 84.8 cm³/mol. The Morgan fingerprint density at radius 3 is 2.75 bits per heavy atom. The van der Waals surface area contributed by atoms with Crippen molar-refractivity contribution in [2.45, 2.75) is 58.9 Å². The second kappa shape index (κ2) is 7.24. The molecule has 3 atom stereocenters. The molecule has 2 N–H and O–H groups in total.